The molecule has 0 fully saturated rings. The van der Waals surface area contributed by atoms with Crippen LogP contribution in [0.2, 0.25) is 5.15 Å². The normalized spacial score (nSPS) is 11.8. The monoisotopic (exact) mass is 329 g/mol. The number of hydrogen-bond acceptors (Lipinski definition) is 6. The highest BCUT2D eigenvalue weighted by Gasteiger charge is 2.34. The van der Waals surface area contributed by atoms with Crippen LogP contribution in [0, 0.1) is 0 Å². The lowest BCUT2D eigenvalue weighted by atomic mass is 10.2. The van der Waals surface area contributed by atoms with Crippen LogP contribution in [0.1, 0.15) is 41.5 Å². The van der Waals surface area contributed by atoms with Crippen LogP contribution in [0.25, 0.3) is 0 Å². The Morgan fingerprint density at radius 2 is 1.50 bits per heavy atom. The topological polar surface area (TPSA) is 81.6 Å². The molecular weight excluding hydrogens is 310 g/mol. The molecule has 0 saturated heterocycles. The molecule has 0 saturated carbocycles. The molecule has 1 rings (SSSR count). The van der Waals surface area contributed by atoms with Crippen molar-refractivity contribution in [2.24, 2.45) is 0 Å². The molecule has 22 heavy (non-hydrogen) atoms. The van der Waals surface area contributed by atoms with Crippen molar-refractivity contribution in [2.75, 3.05) is 4.90 Å². The molecule has 0 aliphatic heterocycles. The average Bonchev–Trinajstić information content (AvgIpc) is 2.23. The van der Waals surface area contributed by atoms with E-state index < -0.39 is 23.4 Å². The quantitative estimate of drug-likeness (QED) is 0.729. The van der Waals surface area contributed by atoms with Crippen molar-refractivity contribution in [1.29, 1.82) is 0 Å². The van der Waals surface area contributed by atoms with Gasteiger partial charge in [-0.1, -0.05) is 11.6 Å². The van der Waals surface area contributed by atoms with Crippen molar-refractivity contribution in [3.05, 3.63) is 17.4 Å². The predicted molar refractivity (Wildman–Crippen MR) is 82.0 cm³/mol. The van der Waals surface area contributed by atoms with Gasteiger partial charge in [-0.05, 0) is 47.6 Å². The van der Waals surface area contributed by atoms with E-state index in [0.29, 0.717) is 4.90 Å². The van der Waals surface area contributed by atoms with Gasteiger partial charge in [0.15, 0.2) is 0 Å². The van der Waals surface area contributed by atoms with Gasteiger partial charge < -0.3 is 9.47 Å². The smallest absolute Gasteiger partial charge is 0.427 e. The Bertz CT molecular complexity index is 536. The first kappa shape index (κ1) is 18.2. The molecule has 0 radical (unpaired) electrons. The molecule has 0 aliphatic rings. The van der Waals surface area contributed by atoms with Gasteiger partial charge in [-0.15, -0.1) is 4.90 Å². The van der Waals surface area contributed by atoms with Crippen molar-refractivity contribution < 1.29 is 19.1 Å². The molecule has 1 aromatic heterocycles. The van der Waals surface area contributed by atoms with Crippen molar-refractivity contribution in [1.82, 2.24) is 9.97 Å². The highest BCUT2D eigenvalue weighted by molar-refractivity contribution is 6.29. The van der Waals surface area contributed by atoms with Crippen molar-refractivity contribution in [2.45, 2.75) is 52.7 Å². The van der Waals surface area contributed by atoms with Gasteiger partial charge in [0.1, 0.15) is 16.4 Å². The number of ether oxygens (including phenoxy) is 2. The molecule has 122 valence electrons. The van der Waals surface area contributed by atoms with E-state index in [2.05, 4.69) is 9.97 Å². The molecule has 8 heteroatoms. The van der Waals surface area contributed by atoms with Gasteiger partial charge >= 0.3 is 12.2 Å². The van der Waals surface area contributed by atoms with E-state index in [-0.39, 0.29) is 11.1 Å². The fraction of sp³-hybridized carbons (Fsp3) is 0.571. The first-order valence-electron chi connectivity index (χ1n) is 6.64. The van der Waals surface area contributed by atoms with Gasteiger partial charge in [0.25, 0.3) is 0 Å². The van der Waals surface area contributed by atoms with Crippen molar-refractivity contribution in [3.8, 4) is 0 Å². The maximum atomic E-state index is 12.3. The van der Waals surface area contributed by atoms with E-state index >= 15 is 0 Å². The molecule has 2 amide bonds. The first-order chi connectivity index (χ1) is 9.89. The van der Waals surface area contributed by atoms with E-state index in [1.165, 1.54) is 12.3 Å². The summed E-state index contributed by atoms with van der Waals surface area (Å²) in [6.07, 6.45) is -0.556. The standard InChI is InChI=1S/C14H20ClN3O4/c1-13(2,3)21-11(19)18(12(20)22-14(4,5)6)10-16-8-7-9(15)17-10/h7-8H,1-6H3. The molecule has 0 unspecified atom stereocenters. The average molecular weight is 330 g/mol. The minimum Gasteiger partial charge on any atom is -0.443 e. The molecular formula is C14H20ClN3O4. The first-order valence-corrected chi connectivity index (χ1v) is 7.01. The van der Waals surface area contributed by atoms with Gasteiger partial charge in [-0.25, -0.2) is 19.6 Å². The molecule has 1 heterocycles. The minimum absolute atomic E-state index is 0.0853. The van der Waals surface area contributed by atoms with Crippen LogP contribution in [0.4, 0.5) is 15.5 Å². The van der Waals surface area contributed by atoms with Crippen LogP contribution in [0.3, 0.4) is 0 Å². The maximum Gasteiger partial charge on any atom is 0.427 e. The Balaban J connectivity index is 3.15. The predicted octanol–water partition coefficient (Wildman–Crippen LogP) is 3.81. The Kier molecular flexibility index (Phi) is 5.35. The lowest BCUT2D eigenvalue weighted by Gasteiger charge is -2.27. The number of rotatable bonds is 1. The van der Waals surface area contributed by atoms with Gasteiger partial charge in [0.2, 0.25) is 5.95 Å². The Labute approximate surface area is 134 Å². The molecule has 0 N–H and O–H groups in total. The summed E-state index contributed by atoms with van der Waals surface area (Å²) in [7, 11) is 0. The third kappa shape index (κ3) is 5.85. The van der Waals surface area contributed by atoms with E-state index in [1.54, 1.807) is 41.5 Å². The number of anilines is 1. The molecule has 0 spiro atoms. The zero-order valence-electron chi connectivity index (χ0n) is 13.5. The highest BCUT2D eigenvalue weighted by Crippen LogP contribution is 2.19. The number of halogens is 1. The van der Waals surface area contributed by atoms with Crippen molar-refractivity contribution >= 4 is 29.7 Å². The summed E-state index contributed by atoms with van der Waals surface area (Å²) < 4.78 is 10.4. The van der Waals surface area contributed by atoms with Gasteiger partial charge in [-0.3, -0.25) is 0 Å². The van der Waals surface area contributed by atoms with Crippen LogP contribution in [0.15, 0.2) is 12.3 Å². The molecule has 0 aliphatic carbocycles. The van der Waals surface area contributed by atoms with E-state index in [9.17, 15) is 9.59 Å². The van der Waals surface area contributed by atoms with Crippen molar-refractivity contribution in [3.63, 3.8) is 0 Å². The summed E-state index contributed by atoms with van der Waals surface area (Å²) in [4.78, 5) is 32.9. The lowest BCUT2D eigenvalue weighted by Crippen LogP contribution is -2.44. The van der Waals surface area contributed by atoms with Gasteiger partial charge in [0.05, 0.1) is 0 Å². The second kappa shape index (κ2) is 6.48. The summed E-state index contributed by atoms with van der Waals surface area (Å²) in [6.45, 7) is 10.1. The summed E-state index contributed by atoms with van der Waals surface area (Å²) in [5.41, 5.74) is -1.59. The van der Waals surface area contributed by atoms with Crippen LogP contribution >= 0.6 is 11.6 Å². The Hall–Kier alpha value is -1.89. The fourth-order valence-corrected chi connectivity index (χ4v) is 1.42. The van der Waals surface area contributed by atoms with Gasteiger partial charge in [-0.2, -0.15) is 0 Å². The number of carbonyl (C=O) groups excluding carboxylic acids is 2. The summed E-state index contributed by atoms with van der Waals surface area (Å²) >= 11 is 5.78. The molecule has 0 bridgehead atoms. The molecule has 7 nitrogen and oxygen atoms in total. The lowest BCUT2D eigenvalue weighted by molar-refractivity contribution is 0.0427. The zero-order chi connectivity index (χ0) is 17.1. The minimum atomic E-state index is -0.941. The van der Waals surface area contributed by atoms with Crippen LogP contribution < -0.4 is 4.90 Å². The number of carbonyl (C=O) groups is 2. The number of amides is 2. The second-order valence-corrected chi connectivity index (χ2v) is 6.86. The fourth-order valence-electron chi connectivity index (χ4n) is 1.29. The molecule has 1 aromatic rings. The van der Waals surface area contributed by atoms with E-state index in [0.717, 1.165) is 0 Å². The summed E-state index contributed by atoms with van der Waals surface area (Å²) in [5.74, 6) is -0.212. The molecule has 0 aromatic carbocycles. The zero-order valence-corrected chi connectivity index (χ0v) is 14.3. The van der Waals surface area contributed by atoms with Crippen LogP contribution in [0.5, 0.6) is 0 Å². The Morgan fingerprint density at radius 3 is 1.86 bits per heavy atom. The number of aromatic nitrogens is 2. The summed E-state index contributed by atoms with van der Waals surface area (Å²) in [5, 5.41) is 0.0853. The largest absolute Gasteiger partial charge is 0.443 e. The third-order valence-corrected chi connectivity index (χ3v) is 2.17. The highest BCUT2D eigenvalue weighted by atomic mass is 35.5. The number of imide groups is 1. The van der Waals surface area contributed by atoms with E-state index in [4.69, 9.17) is 21.1 Å². The SMILES string of the molecule is CC(C)(C)OC(=O)N(C(=O)OC(C)(C)C)c1nccc(Cl)n1. The van der Waals surface area contributed by atoms with E-state index in [1.807, 2.05) is 0 Å². The van der Waals surface area contributed by atoms with Crippen LogP contribution in [-0.4, -0.2) is 33.4 Å². The van der Waals surface area contributed by atoms with Crippen LogP contribution in [-0.2, 0) is 9.47 Å². The third-order valence-electron chi connectivity index (χ3n) is 1.96. The Morgan fingerprint density at radius 1 is 1.05 bits per heavy atom. The number of hydrogen-bond donors (Lipinski definition) is 0. The maximum absolute atomic E-state index is 12.3. The number of nitrogens with zero attached hydrogens (tertiary/aromatic N) is 3. The molecule has 0 atom stereocenters. The van der Waals surface area contributed by atoms with Gasteiger partial charge in [0, 0.05) is 6.20 Å². The summed E-state index contributed by atoms with van der Waals surface area (Å²) in [6, 6.07) is 1.42. The second-order valence-electron chi connectivity index (χ2n) is 6.48.